The van der Waals surface area contributed by atoms with E-state index in [-0.39, 0.29) is 0 Å². The molecule has 2 nitrogen and oxygen atoms in total. The van der Waals surface area contributed by atoms with E-state index in [1.807, 2.05) is 30.5 Å². The Bertz CT molecular complexity index is 993. The number of aromatic nitrogens is 2. The van der Waals surface area contributed by atoms with Crippen molar-refractivity contribution in [3.05, 3.63) is 96.8 Å². The molecule has 0 atom stereocenters. The smallest absolute Gasteiger partial charge is 0.0725 e. The molecule has 0 N–H and O–H groups in total. The SMILES string of the molecule is Cc1cc(-c2ccccc2)cc(-c2cccc(-c3cccnc3)n2)c1. The van der Waals surface area contributed by atoms with Crippen LogP contribution < -0.4 is 0 Å². The van der Waals surface area contributed by atoms with Gasteiger partial charge in [0.2, 0.25) is 0 Å². The maximum atomic E-state index is 4.85. The Morgan fingerprint density at radius 1 is 0.600 bits per heavy atom. The number of hydrogen-bond donors (Lipinski definition) is 0. The van der Waals surface area contributed by atoms with E-state index in [1.165, 1.54) is 16.7 Å². The van der Waals surface area contributed by atoms with Crippen molar-refractivity contribution in [2.45, 2.75) is 6.92 Å². The van der Waals surface area contributed by atoms with E-state index < -0.39 is 0 Å². The monoisotopic (exact) mass is 322 g/mol. The number of nitrogens with zero attached hydrogens (tertiary/aromatic N) is 2. The first-order chi connectivity index (χ1) is 12.3. The summed E-state index contributed by atoms with van der Waals surface area (Å²) in [4.78, 5) is 9.04. The average molecular weight is 322 g/mol. The molecule has 0 aliphatic rings. The number of aryl methyl sites for hydroxylation is 1. The van der Waals surface area contributed by atoms with Gasteiger partial charge in [0, 0.05) is 23.5 Å². The lowest BCUT2D eigenvalue weighted by Crippen LogP contribution is -1.90. The highest BCUT2D eigenvalue weighted by molar-refractivity contribution is 5.73. The molecule has 0 unspecified atom stereocenters. The highest BCUT2D eigenvalue weighted by Crippen LogP contribution is 2.28. The molecule has 0 aliphatic heterocycles. The van der Waals surface area contributed by atoms with E-state index in [4.69, 9.17) is 4.98 Å². The molecule has 0 amide bonds. The first-order valence-corrected chi connectivity index (χ1v) is 8.34. The van der Waals surface area contributed by atoms with Gasteiger partial charge in [-0.25, -0.2) is 4.98 Å². The quantitative estimate of drug-likeness (QED) is 0.477. The summed E-state index contributed by atoms with van der Waals surface area (Å²) in [7, 11) is 0. The predicted molar refractivity (Wildman–Crippen MR) is 103 cm³/mol. The molecule has 2 heterocycles. The minimum atomic E-state index is 0.938. The highest BCUT2D eigenvalue weighted by Gasteiger charge is 2.06. The Morgan fingerprint density at radius 2 is 1.32 bits per heavy atom. The highest BCUT2D eigenvalue weighted by atomic mass is 14.7. The molecule has 0 saturated heterocycles. The summed E-state index contributed by atoms with van der Waals surface area (Å²) < 4.78 is 0. The molecule has 0 spiro atoms. The zero-order valence-electron chi connectivity index (χ0n) is 14.1. The number of benzene rings is 2. The van der Waals surface area contributed by atoms with Gasteiger partial charge in [-0.05, 0) is 60.0 Å². The third-order valence-electron chi connectivity index (χ3n) is 4.19. The normalized spacial score (nSPS) is 10.6. The van der Waals surface area contributed by atoms with Crippen LogP contribution in [0, 0.1) is 6.92 Å². The number of rotatable bonds is 3. The summed E-state index contributed by atoms with van der Waals surface area (Å²) in [5.41, 5.74) is 7.73. The van der Waals surface area contributed by atoms with Gasteiger partial charge in [-0.1, -0.05) is 42.5 Å². The Kier molecular flexibility index (Phi) is 4.09. The van der Waals surface area contributed by atoms with Gasteiger partial charge in [0.05, 0.1) is 11.4 Å². The molecule has 0 radical (unpaired) electrons. The van der Waals surface area contributed by atoms with Crippen molar-refractivity contribution in [3.8, 4) is 33.6 Å². The molecule has 0 bridgehead atoms. The molecular weight excluding hydrogens is 304 g/mol. The molecule has 2 aromatic heterocycles. The predicted octanol–water partition coefficient (Wildman–Crippen LogP) is 5.79. The van der Waals surface area contributed by atoms with Crippen LogP contribution in [0.15, 0.2) is 91.3 Å². The largest absolute Gasteiger partial charge is 0.264 e. The lowest BCUT2D eigenvalue weighted by molar-refractivity contribution is 1.28. The van der Waals surface area contributed by atoms with Crippen LogP contribution in [0.3, 0.4) is 0 Å². The van der Waals surface area contributed by atoms with Crippen LogP contribution in [0.5, 0.6) is 0 Å². The fourth-order valence-electron chi connectivity index (χ4n) is 3.00. The molecule has 0 fully saturated rings. The fourth-order valence-corrected chi connectivity index (χ4v) is 3.00. The van der Waals surface area contributed by atoms with Gasteiger partial charge in [0.1, 0.15) is 0 Å². The van der Waals surface area contributed by atoms with Crippen LogP contribution in [0.2, 0.25) is 0 Å². The van der Waals surface area contributed by atoms with E-state index in [0.717, 1.165) is 22.5 Å². The van der Waals surface area contributed by atoms with E-state index in [9.17, 15) is 0 Å². The standard InChI is InChI=1S/C23H18N2/c1-17-13-20(18-7-3-2-4-8-18)15-21(14-17)23-11-5-10-22(25-23)19-9-6-12-24-16-19/h2-16H,1H3. The average Bonchev–Trinajstić information content (AvgIpc) is 2.69. The van der Waals surface area contributed by atoms with Crippen LogP contribution in [0.1, 0.15) is 5.56 Å². The van der Waals surface area contributed by atoms with Crippen LogP contribution >= 0.6 is 0 Å². The molecule has 120 valence electrons. The van der Waals surface area contributed by atoms with Gasteiger partial charge in [0.15, 0.2) is 0 Å². The molecular formula is C23H18N2. The third kappa shape index (κ3) is 3.33. The zero-order valence-corrected chi connectivity index (χ0v) is 14.1. The minimum absolute atomic E-state index is 0.938. The number of pyridine rings is 2. The van der Waals surface area contributed by atoms with Gasteiger partial charge >= 0.3 is 0 Å². The molecule has 4 aromatic rings. The Morgan fingerprint density at radius 3 is 2.08 bits per heavy atom. The van der Waals surface area contributed by atoms with Crippen molar-refractivity contribution >= 4 is 0 Å². The summed E-state index contributed by atoms with van der Waals surface area (Å²) in [5.74, 6) is 0. The van der Waals surface area contributed by atoms with Crippen LogP contribution in [-0.4, -0.2) is 9.97 Å². The van der Waals surface area contributed by atoms with E-state index in [0.29, 0.717) is 0 Å². The van der Waals surface area contributed by atoms with Crippen molar-refractivity contribution in [2.75, 3.05) is 0 Å². The van der Waals surface area contributed by atoms with Crippen molar-refractivity contribution in [1.29, 1.82) is 0 Å². The second-order valence-electron chi connectivity index (χ2n) is 6.10. The maximum absolute atomic E-state index is 4.85. The van der Waals surface area contributed by atoms with Gasteiger partial charge in [-0.15, -0.1) is 0 Å². The molecule has 4 rings (SSSR count). The van der Waals surface area contributed by atoms with Crippen molar-refractivity contribution < 1.29 is 0 Å². The Balaban J connectivity index is 1.79. The van der Waals surface area contributed by atoms with Gasteiger partial charge in [-0.3, -0.25) is 4.98 Å². The van der Waals surface area contributed by atoms with E-state index >= 15 is 0 Å². The van der Waals surface area contributed by atoms with E-state index in [2.05, 4.69) is 66.5 Å². The van der Waals surface area contributed by atoms with Crippen LogP contribution in [-0.2, 0) is 0 Å². The second kappa shape index (κ2) is 6.70. The molecule has 0 saturated carbocycles. The zero-order chi connectivity index (χ0) is 17.1. The molecule has 25 heavy (non-hydrogen) atoms. The lowest BCUT2D eigenvalue weighted by Gasteiger charge is -2.09. The first kappa shape index (κ1) is 15.3. The van der Waals surface area contributed by atoms with Crippen molar-refractivity contribution in [2.24, 2.45) is 0 Å². The van der Waals surface area contributed by atoms with Crippen LogP contribution in [0.4, 0.5) is 0 Å². The summed E-state index contributed by atoms with van der Waals surface area (Å²) in [6.45, 7) is 2.13. The number of hydrogen-bond acceptors (Lipinski definition) is 2. The summed E-state index contributed by atoms with van der Waals surface area (Å²) in [6.07, 6.45) is 3.62. The topological polar surface area (TPSA) is 25.8 Å². The third-order valence-corrected chi connectivity index (χ3v) is 4.19. The van der Waals surface area contributed by atoms with Crippen LogP contribution in [0.25, 0.3) is 33.6 Å². The second-order valence-corrected chi connectivity index (χ2v) is 6.10. The Hall–Kier alpha value is -3.26. The van der Waals surface area contributed by atoms with Gasteiger partial charge in [-0.2, -0.15) is 0 Å². The first-order valence-electron chi connectivity index (χ1n) is 8.34. The summed E-state index contributed by atoms with van der Waals surface area (Å²) >= 11 is 0. The molecule has 0 aliphatic carbocycles. The lowest BCUT2D eigenvalue weighted by atomic mass is 9.98. The molecule has 2 heteroatoms. The maximum Gasteiger partial charge on any atom is 0.0725 e. The minimum Gasteiger partial charge on any atom is -0.264 e. The Labute approximate surface area is 147 Å². The van der Waals surface area contributed by atoms with E-state index in [1.54, 1.807) is 6.20 Å². The van der Waals surface area contributed by atoms with Gasteiger partial charge < -0.3 is 0 Å². The fraction of sp³-hybridized carbons (Fsp3) is 0.0435. The van der Waals surface area contributed by atoms with Crippen molar-refractivity contribution in [3.63, 3.8) is 0 Å². The summed E-state index contributed by atoms with van der Waals surface area (Å²) in [6, 6.07) is 27.2. The molecule has 2 aromatic carbocycles. The van der Waals surface area contributed by atoms with Gasteiger partial charge in [0.25, 0.3) is 0 Å². The van der Waals surface area contributed by atoms with Crippen molar-refractivity contribution in [1.82, 2.24) is 9.97 Å². The summed E-state index contributed by atoms with van der Waals surface area (Å²) in [5, 5.41) is 0.